The van der Waals surface area contributed by atoms with Crippen molar-refractivity contribution in [3.8, 4) is 0 Å². The van der Waals surface area contributed by atoms with Gasteiger partial charge in [0.15, 0.2) is 0 Å². The van der Waals surface area contributed by atoms with E-state index < -0.39 is 0 Å². The zero-order chi connectivity index (χ0) is 12.5. The van der Waals surface area contributed by atoms with Gasteiger partial charge in [-0.15, -0.1) is 0 Å². The molecule has 1 amide bonds. The molecule has 0 bridgehead atoms. The van der Waals surface area contributed by atoms with Crippen LogP contribution in [0.2, 0.25) is 5.02 Å². The van der Waals surface area contributed by atoms with Crippen LogP contribution in [0.1, 0.15) is 12.0 Å². The highest BCUT2D eigenvalue weighted by molar-refractivity contribution is 6.31. The SMILES string of the molecule is O=C1OC2CCNCC2N1Cc1ccccc1Cl. The van der Waals surface area contributed by atoms with Gasteiger partial charge in [0.1, 0.15) is 6.10 Å². The second-order valence-electron chi connectivity index (χ2n) is 4.70. The predicted molar refractivity (Wildman–Crippen MR) is 68.5 cm³/mol. The van der Waals surface area contributed by atoms with Crippen LogP contribution in [0.4, 0.5) is 4.79 Å². The van der Waals surface area contributed by atoms with Gasteiger partial charge >= 0.3 is 6.09 Å². The fourth-order valence-corrected chi connectivity index (χ4v) is 2.79. The summed E-state index contributed by atoms with van der Waals surface area (Å²) in [5.74, 6) is 0. The molecule has 1 aromatic rings. The van der Waals surface area contributed by atoms with Gasteiger partial charge in [0.25, 0.3) is 0 Å². The summed E-state index contributed by atoms with van der Waals surface area (Å²) >= 11 is 6.13. The first-order valence-electron chi connectivity index (χ1n) is 6.17. The van der Waals surface area contributed by atoms with Crippen molar-refractivity contribution < 1.29 is 9.53 Å². The van der Waals surface area contributed by atoms with Gasteiger partial charge in [0.2, 0.25) is 0 Å². The first kappa shape index (κ1) is 11.8. The van der Waals surface area contributed by atoms with E-state index in [4.69, 9.17) is 16.3 Å². The summed E-state index contributed by atoms with van der Waals surface area (Å²) in [4.78, 5) is 13.7. The number of carbonyl (C=O) groups excluding carboxylic acids is 1. The quantitative estimate of drug-likeness (QED) is 0.891. The summed E-state index contributed by atoms with van der Waals surface area (Å²) in [7, 11) is 0. The van der Waals surface area contributed by atoms with Gasteiger partial charge < -0.3 is 10.1 Å². The molecule has 0 aliphatic carbocycles. The molecule has 0 saturated carbocycles. The third-order valence-corrected chi connectivity index (χ3v) is 3.94. The Balaban J connectivity index is 1.79. The van der Waals surface area contributed by atoms with Crippen molar-refractivity contribution >= 4 is 17.7 Å². The maximum Gasteiger partial charge on any atom is 0.410 e. The van der Waals surface area contributed by atoms with E-state index in [2.05, 4.69) is 5.32 Å². The lowest BCUT2D eigenvalue weighted by Gasteiger charge is -2.28. The highest BCUT2D eigenvalue weighted by atomic mass is 35.5. The summed E-state index contributed by atoms with van der Waals surface area (Å²) in [6.07, 6.45) is 0.685. The van der Waals surface area contributed by atoms with Crippen molar-refractivity contribution in [3.63, 3.8) is 0 Å². The maximum atomic E-state index is 11.9. The van der Waals surface area contributed by atoms with E-state index in [1.165, 1.54) is 0 Å². The molecule has 2 saturated heterocycles. The Bertz CT molecular complexity index is 466. The maximum absolute atomic E-state index is 11.9. The number of ether oxygens (including phenoxy) is 1. The number of fused-ring (bicyclic) bond motifs is 1. The van der Waals surface area contributed by atoms with Crippen molar-refractivity contribution in [1.29, 1.82) is 0 Å². The largest absolute Gasteiger partial charge is 0.444 e. The van der Waals surface area contributed by atoms with Crippen molar-refractivity contribution in [2.45, 2.75) is 25.1 Å². The van der Waals surface area contributed by atoms with Crippen LogP contribution in [-0.2, 0) is 11.3 Å². The van der Waals surface area contributed by atoms with Gasteiger partial charge in [-0.1, -0.05) is 29.8 Å². The lowest BCUT2D eigenvalue weighted by atomic mass is 10.0. The second-order valence-corrected chi connectivity index (χ2v) is 5.11. The molecule has 0 aromatic heterocycles. The van der Waals surface area contributed by atoms with Crippen LogP contribution >= 0.6 is 11.6 Å². The lowest BCUT2D eigenvalue weighted by molar-refractivity contribution is 0.117. The predicted octanol–water partition coefficient (Wildman–Crippen LogP) is 2.02. The molecule has 2 heterocycles. The van der Waals surface area contributed by atoms with Crippen molar-refractivity contribution in [2.75, 3.05) is 13.1 Å². The van der Waals surface area contributed by atoms with E-state index in [1.54, 1.807) is 4.90 Å². The number of rotatable bonds is 2. The lowest BCUT2D eigenvalue weighted by Crippen LogP contribution is -2.48. The Kier molecular flexibility index (Phi) is 3.14. The van der Waals surface area contributed by atoms with Crippen LogP contribution in [0.3, 0.4) is 0 Å². The molecule has 1 N–H and O–H groups in total. The summed E-state index contributed by atoms with van der Waals surface area (Å²) < 4.78 is 5.39. The molecule has 2 unspecified atom stereocenters. The van der Waals surface area contributed by atoms with E-state index in [0.29, 0.717) is 11.6 Å². The number of hydrogen-bond acceptors (Lipinski definition) is 3. The molecular weight excluding hydrogens is 252 g/mol. The van der Waals surface area contributed by atoms with E-state index >= 15 is 0 Å². The van der Waals surface area contributed by atoms with Crippen LogP contribution in [0.15, 0.2) is 24.3 Å². The zero-order valence-electron chi connectivity index (χ0n) is 9.93. The van der Waals surface area contributed by atoms with E-state index in [-0.39, 0.29) is 18.2 Å². The molecule has 96 valence electrons. The van der Waals surface area contributed by atoms with Crippen LogP contribution in [0, 0.1) is 0 Å². The highest BCUT2D eigenvalue weighted by Gasteiger charge is 2.42. The monoisotopic (exact) mass is 266 g/mol. The number of amides is 1. The number of halogens is 1. The molecule has 0 radical (unpaired) electrons. The van der Waals surface area contributed by atoms with Crippen LogP contribution in [0.25, 0.3) is 0 Å². The smallest absolute Gasteiger partial charge is 0.410 e. The molecule has 2 aliphatic rings. The molecule has 5 heteroatoms. The highest BCUT2D eigenvalue weighted by Crippen LogP contribution is 2.27. The first-order chi connectivity index (χ1) is 8.75. The molecule has 1 aromatic carbocycles. The Morgan fingerprint density at radius 1 is 1.44 bits per heavy atom. The average Bonchev–Trinajstić information content (AvgIpc) is 2.69. The molecule has 18 heavy (non-hydrogen) atoms. The summed E-state index contributed by atoms with van der Waals surface area (Å²) in [5.41, 5.74) is 0.961. The Hall–Kier alpha value is -1.26. The molecular formula is C13H15ClN2O2. The van der Waals surface area contributed by atoms with Crippen molar-refractivity contribution in [1.82, 2.24) is 10.2 Å². The molecule has 3 rings (SSSR count). The van der Waals surface area contributed by atoms with Crippen molar-refractivity contribution in [3.05, 3.63) is 34.9 Å². The van der Waals surface area contributed by atoms with Gasteiger partial charge in [0, 0.05) is 11.6 Å². The Morgan fingerprint density at radius 2 is 2.28 bits per heavy atom. The van der Waals surface area contributed by atoms with E-state index in [9.17, 15) is 4.79 Å². The zero-order valence-corrected chi connectivity index (χ0v) is 10.7. The number of piperidine rings is 1. The van der Waals surface area contributed by atoms with Crippen LogP contribution < -0.4 is 5.32 Å². The van der Waals surface area contributed by atoms with Crippen molar-refractivity contribution in [2.24, 2.45) is 0 Å². The standard InChI is InChI=1S/C13H15ClN2O2/c14-10-4-2-1-3-9(10)8-16-11-7-15-6-5-12(11)18-13(16)17/h1-4,11-12,15H,5-8H2. The Labute approximate surface area is 111 Å². The fourth-order valence-electron chi connectivity index (χ4n) is 2.59. The van der Waals surface area contributed by atoms with Crippen LogP contribution in [-0.4, -0.2) is 36.2 Å². The normalized spacial score (nSPS) is 26.9. The van der Waals surface area contributed by atoms with Gasteiger partial charge in [-0.3, -0.25) is 4.90 Å². The number of nitrogens with zero attached hydrogens (tertiary/aromatic N) is 1. The first-order valence-corrected chi connectivity index (χ1v) is 6.55. The van der Waals surface area contributed by atoms with Crippen LogP contribution in [0.5, 0.6) is 0 Å². The summed E-state index contributed by atoms with van der Waals surface area (Å²) in [6.45, 7) is 2.22. The molecule has 2 aliphatic heterocycles. The summed E-state index contributed by atoms with van der Waals surface area (Å²) in [5, 5.41) is 3.99. The number of benzene rings is 1. The van der Waals surface area contributed by atoms with E-state index in [1.807, 2.05) is 24.3 Å². The topological polar surface area (TPSA) is 41.6 Å². The van der Waals surface area contributed by atoms with Gasteiger partial charge in [-0.2, -0.15) is 0 Å². The fraction of sp³-hybridized carbons (Fsp3) is 0.462. The third-order valence-electron chi connectivity index (χ3n) is 3.57. The number of hydrogen-bond donors (Lipinski definition) is 1. The molecule has 4 nitrogen and oxygen atoms in total. The minimum Gasteiger partial charge on any atom is -0.444 e. The number of carbonyl (C=O) groups is 1. The Morgan fingerprint density at radius 3 is 3.11 bits per heavy atom. The minimum absolute atomic E-state index is 0.0289. The second kappa shape index (κ2) is 4.78. The molecule has 2 fully saturated rings. The van der Waals surface area contributed by atoms with Gasteiger partial charge in [-0.25, -0.2) is 4.79 Å². The number of nitrogens with one attached hydrogen (secondary N) is 1. The molecule has 2 atom stereocenters. The minimum atomic E-state index is -0.228. The van der Waals surface area contributed by atoms with Gasteiger partial charge in [0.05, 0.1) is 12.6 Å². The summed E-state index contributed by atoms with van der Waals surface area (Å²) in [6, 6.07) is 7.73. The third kappa shape index (κ3) is 2.06. The molecule has 0 spiro atoms. The average molecular weight is 267 g/mol. The van der Waals surface area contributed by atoms with E-state index in [0.717, 1.165) is 25.1 Å². The van der Waals surface area contributed by atoms with Gasteiger partial charge in [-0.05, 0) is 24.6 Å².